The summed E-state index contributed by atoms with van der Waals surface area (Å²) in [7, 11) is 0. The fraction of sp³-hybridized carbons (Fsp3) is 0.167. The average Bonchev–Trinajstić information content (AvgIpc) is 2.75. The van der Waals surface area contributed by atoms with Gasteiger partial charge in [-0.2, -0.15) is 0 Å². The Hall–Kier alpha value is -2.25. The molecule has 0 spiro atoms. The lowest BCUT2D eigenvalue weighted by molar-refractivity contribution is 0.302. The number of aromatic nitrogens is 5. The van der Waals surface area contributed by atoms with Crippen LogP contribution in [0.15, 0.2) is 17.3 Å². The highest BCUT2D eigenvalue weighted by molar-refractivity contribution is 5.93. The number of rotatable bonds is 3. The van der Waals surface area contributed by atoms with Gasteiger partial charge >= 0.3 is 0 Å². The Kier molecular flexibility index (Phi) is 1.94. The number of hydrogen-bond acceptors (Lipinski definition) is 6. The van der Waals surface area contributed by atoms with Crippen LogP contribution in [0.4, 0.5) is 0 Å². The molecule has 0 bridgehead atoms. The van der Waals surface area contributed by atoms with Crippen LogP contribution in [0.5, 0.6) is 0 Å². The third kappa shape index (κ3) is 1.44. The summed E-state index contributed by atoms with van der Waals surface area (Å²) >= 11 is 0. The third-order valence-electron chi connectivity index (χ3n) is 1.61. The van der Waals surface area contributed by atoms with Crippen molar-refractivity contribution in [3.05, 3.63) is 24.0 Å². The molecule has 72 valence electrons. The van der Waals surface area contributed by atoms with Crippen molar-refractivity contribution < 1.29 is 4.63 Å². The minimum absolute atomic E-state index is 0.172. The van der Waals surface area contributed by atoms with Gasteiger partial charge in [-0.3, -0.25) is 5.41 Å². The number of amidine groups is 1. The number of hydrogen-bond donors (Lipinski definition) is 2. The second kappa shape index (κ2) is 3.24. The fourth-order valence-electron chi connectivity index (χ4n) is 0.992. The lowest BCUT2D eigenvalue weighted by atomic mass is 10.3. The Bertz CT molecular complexity index is 431. The topological polar surface area (TPSA) is 120 Å². The molecule has 0 saturated heterocycles. The van der Waals surface area contributed by atoms with Crippen molar-refractivity contribution in [1.29, 1.82) is 5.41 Å². The van der Waals surface area contributed by atoms with Crippen molar-refractivity contribution in [2.24, 2.45) is 5.73 Å². The lowest BCUT2D eigenvalue weighted by Gasteiger charge is -1.96. The maximum absolute atomic E-state index is 7.20. The average molecular weight is 193 g/mol. The highest BCUT2D eigenvalue weighted by Crippen LogP contribution is 2.03. The molecule has 8 nitrogen and oxygen atoms in total. The second-order valence-corrected chi connectivity index (χ2v) is 2.61. The molecule has 0 amide bonds. The molecule has 0 aromatic carbocycles. The van der Waals surface area contributed by atoms with Crippen molar-refractivity contribution in [2.45, 2.75) is 6.54 Å². The van der Waals surface area contributed by atoms with Crippen LogP contribution < -0.4 is 5.73 Å². The van der Waals surface area contributed by atoms with Gasteiger partial charge < -0.3 is 10.3 Å². The highest BCUT2D eigenvalue weighted by Gasteiger charge is 2.12. The Morgan fingerprint density at radius 3 is 2.79 bits per heavy atom. The normalized spacial score (nSPS) is 10.3. The fourth-order valence-corrected chi connectivity index (χ4v) is 0.992. The summed E-state index contributed by atoms with van der Waals surface area (Å²) in [6.07, 6.45) is 3.05. The van der Waals surface area contributed by atoms with Crippen LogP contribution in [0, 0.1) is 5.41 Å². The Balaban J connectivity index is 2.25. The van der Waals surface area contributed by atoms with Crippen LogP contribution in [-0.4, -0.2) is 30.9 Å². The number of nitrogens with two attached hydrogens (primary N) is 1. The van der Waals surface area contributed by atoms with Gasteiger partial charge in [0.1, 0.15) is 24.2 Å². The predicted molar refractivity (Wildman–Crippen MR) is 44.4 cm³/mol. The largest absolute Gasteiger partial charge is 0.382 e. The summed E-state index contributed by atoms with van der Waals surface area (Å²) in [4.78, 5) is 0. The minimum atomic E-state index is -0.172. The van der Waals surface area contributed by atoms with E-state index in [0.717, 1.165) is 0 Å². The molecule has 0 aliphatic carbocycles. The van der Waals surface area contributed by atoms with E-state index < -0.39 is 0 Å². The van der Waals surface area contributed by atoms with E-state index in [-0.39, 0.29) is 11.5 Å². The van der Waals surface area contributed by atoms with Crippen LogP contribution in [0.1, 0.15) is 11.4 Å². The molecule has 0 radical (unpaired) electrons. The molecule has 14 heavy (non-hydrogen) atoms. The van der Waals surface area contributed by atoms with Crippen molar-refractivity contribution in [3.63, 3.8) is 0 Å². The number of nitrogens with one attached hydrogen (secondary N) is 1. The van der Waals surface area contributed by atoms with Crippen LogP contribution in [0.2, 0.25) is 0 Å². The first-order valence-corrected chi connectivity index (χ1v) is 3.75. The Labute approximate surface area is 78.2 Å². The Morgan fingerprint density at radius 2 is 2.14 bits per heavy atom. The smallest absolute Gasteiger partial charge is 0.174 e. The minimum Gasteiger partial charge on any atom is -0.382 e. The number of nitrogen functional groups attached to an aromatic ring is 1. The van der Waals surface area contributed by atoms with E-state index in [4.69, 9.17) is 11.1 Å². The Morgan fingerprint density at radius 1 is 1.43 bits per heavy atom. The SMILES string of the molecule is N=C(N)c1nonc1Cn1cnnc1. The molecular weight excluding hydrogens is 186 g/mol. The van der Waals surface area contributed by atoms with Crippen molar-refractivity contribution in [2.75, 3.05) is 0 Å². The molecule has 0 saturated carbocycles. The first-order chi connectivity index (χ1) is 6.77. The van der Waals surface area contributed by atoms with Crippen LogP contribution in [0.3, 0.4) is 0 Å². The van der Waals surface area contributed by atoms with Gasteiger partial charge in [-0.05, 0) is 5.16 Å². The molecule has 0 aliphatic heterocycles. The van der Waals surface area contributed by atoms with Crippen molar-refractivity contribution in [1.82, 2.24) is 25.1 Å². The van der Waals surface area contributed by atoms with Gasteiger partial charge in [0, 0.05) is 0 Å². The van der Waals surface area contributed by atoms with Gasteiger partial charge in [-0.1, -0.05) is 5.16 Å². The maximum atomic E-state index is 7.20. The van der Waals surface area contributed by atoms with E-state index in [1.807, 2.05) is 0 Å². The van der Waals surface area contributed by atoms with Gasteiger partial charge in [0.05, 0.1) is 6.54 Å². The quantitative estimate of drug-likeness (QED) is 0.476. The van der Waals surface area contributed by atoms with Gasteiger partial charge in [0.25, 0.3) is 0 Å². The summed E-state index contributed by atoms with van der Waals surface area (Å²) in [5.41, 5.74) is 6.00. The summed E-state index contributed by atoms with van der Waals surface area (Å²) in [6.45, 7) is 0.380. The molecule has 2 aromatic rings. The molecule has 3 N–H and O–H groups in total. The molecular formula is C6H7N7O. The van der Waals surface area contributed by atoms with E-state index in [0.29, 0.717) is 12.2 Å². The second-order valence-electron chi connectivity index (χ2n) is 2.61. The molecule has 2 aromatic heterocycles. The molecule has 2 heterocycles. The predicted octanol–water partition coefficient (Wildman–Crippen LogP) is -1.01. The molecule has 2 rings (SSSR count). The van der Waals surface area contributed by atoms with Crippen molar-refractivity contribution in [3.8, 4) is 0 Å². The lowest BCUT2D eigenvalue weighted by Crippen LogP contribution is -2.15. The molecule has 8 heteroatoms. The van der Waals surface area contributed by atoms with Crippen LogP contribution in [-0.2, 0) is 6.54 Å². The molecule has 0 unspecified atom stereocenters. The summed E-state index contributed by atoms with van der Waals surface area (Å²) < 4.78 is 6.15. The monoisotopic (exact) mass is 193 g/mol. The highest BCUT2D eigenvalue weighted by atomic mass is 16.6. The van der Waals surface area contributed by atoms with Crippen molar-refractivity contribution >= 4 is 5.84 Å². The van der Waals surface area contributed by atoms with E-state index >= 15 is 0 Å². The zero-order chi connectivity index (χ0) is 9.97. The zero-order valence-electron chi connectivity index (χ0n) is 7.08. The van der Waals surface area contributed by atoms with Crippen LogP contribution in [0.25, 0.3) is 0 Å². The third-order valence-corrected chi connectivity index (χ3v) is 1.61. The van der Waals surface area contributed by atoms with Gasteiger partial charge in [-0.15, -0.1) is 10.2 Å². The zero-order valence-corrected chi connectivity index (χ0v) is 7.08. The first kappa shape index (κ1) is 8.35. The summed E-state index contributed by atoms with van der Waals surface area (Å²) in [5, 5.41) is 21.6. The summed E-state index contributed by atoms with van der Waals surface area (Å²) in [5.74, 6) is -0.172. The first-order valence-electron chi connectivity index (χ1n) is 3.75. The van der Waals surface area contributed by atoms with E-state index in [9.17, 15) is 0 Å². The van der Waals surface area contributed by atoms with Gasteiger partial charge in [0.2, 0.25) is 0 Å². The van der Waals surface area contributed by atoms with Gasteiger partial charge in [0.15, 0.2) is 5.69 Å². The molecule has 0 fully saturated rings. The maximum Gasteiger partial charge on any atom is 0.174 e. The van der Waals surface area contributed by atoms with Crippen LogP contribution >= 0.6 is 0 Å². The molecule has 0 aliphatic rings. The van der Waals surface area contributed by atoms with E-state index in [2.05, 4.69) is 25.1 Å². The van der Waals surface area contributed by atoms with Gasteiger partial charge in [-0.25, -0.2) is 4.63 Å². The molecule has 0 atom stereocenters. The van der Waals surface area contributed by atoms with E-state index in [1.54, 1.807) is 4.57 Å². The van der Waals surface area contributed by atoms with E-state index in [1.165, 1.54) is 12.7 Å². The summed E-state index contributed by atoms with van der Waals surface area (Å²) in [6, 6.07) is 0. The standard InChI is InChI=1S/C6H7N7O/c7-6(8)5-4(11-14-12-5)1-13-2-9-10-3-13/h2-3H,1H2,(H3,7,8). The number of nitrogens with zero attached hydrogens (tertiary/aromatic N) is 5.